The molecule has 8 nitrogen and oxygen atoms in total. The van der Waals surface area contributed by atoms with Gasteiger partial charge < -0.3 is 14.0 Å². The number of aryl methyl sites for hydroxylation is 2. The molecule has 8 heteroatoms. The molecule has 3 rings (SSSR count). The molecule has 1 atom stereocenters. The topological polar surface area (TPSA) is 89.1 Å². The van der Waals surface area contributed by atoms with E-state index in [2.05, 4.69) is 20.4 Å². The van der Waals surface area contributed by atoms with Gasteiger partial charge in [-0.3, -0.25) is 5.32 Å². The average Bonchev–Trinajstić information content (AvgIpc) is 3.14. The lowest BCUT2D eigenvalue weighted by Gasteiger charge is -2.23. The number of urea groups is 1. The lowest BCUT2D eigenvalue weighted by Crippen LogP contribution is -2.40. The number of nitrogens with zero attached hydrogens (tertiary/aromatic N) is 5. The molecular weight excluding hydrogens is 272 g/mol. The Hall–Kier alpha value is -2.38. The normalized spacial score (nSPS) is 18.2. The van der Waals surface area contributed by atoms with Gasteiger partial charge in [0.1, 0.15) is 5.82 Å². The molecule has 21 heavy (non-hydrogen) atoms. The van der Waals surface area contributed by atoms with Crippen LogP contribution in [0.1, 0.15) is 24.5 Å². The predicted molar refractivity (Wildman–Crippen MR) is 74.7 cm³/mol. The Balaban J connectivity index is 1.66. The Morgan fingerprint density at radius 3 is 3.10 bits per heavy atom. The molecule has 1 saturated heterocycles. The number of amides is 2. The third-order valence-corrected chi connectivity index (χ3v) is 3.72. The fourth-order valence-electron chi connectivity index (χ4n) is 2.63. The second-order valence-corrected chi connectivity index (χ2v) is 5.22. The summed E-state index contributed by atoms with van der Waals surface area (Å²) >= 11 is 0. The molecule has 0 unspecified atom stereocenters. The number of hydrogen-bond donors (Lipinski definition) is 1. The molecule has 1 fully saturated rings. The minimum absolute atomic E-state index is 0.139. The van der Waals surface area contributed by atoms with Crippen molar-refractivity contribution in [3.05, 3.63) is 24.0 Å². The summed E-state index contributed by atoms with van der Waals surface area (Å²) in [6, 6.07) is 0.0885. The number of nitrogens with one attached hydrogen (secondary N) is 1. The number of rotatable bonds is 3. The number of likely N-dealkylation sites (tertiary alicyclic amines) is 1. The highest BCUT2D eigenvalue weighted by Crippen LogP contribution is 2.21. The van der Waals surface area contributed by atoms with Gasteiger partial charge in [-0.25, -0.2) is 9.78 Å². The number of hydrogen-bond acceptors (Lipinski definition) is 5. The predicted octanol–water partition coefficient (Wildman–Crippen LogP) is 1.35. The van der Waals surface area contributed by atoms with Crippen LogP contribution in [0.4, 0.5) is 10.8 Å². The molecule has 2 amide bonds. The van der Waals surface area contributed by atoms with Gasteiger partial charge in [-0.05, 0) is 19.8 Å². The summed E-state index contributed by atoms with van der Waals surface area (Å²) in [4.78, 5) is 22.4. The van der Waals surface area contributed by atoms with E-state index in [0.717, 1.165) is 31.6 Å². The van der Waals surface area contributed by atoms with E-state index in [1.165, 1.54) is 0 Å². The summed E-state index contributed by atoms with van der Waals surface area (Å²) in [6.45, 7) is 2.44. The van der Waals surface area contributed by atoms with Crippen molar-refractivity contribution in [1.82, 2.24) is 24.6 Å². The van der Waals surface area contributed by atoms with Crippen LogP contribution in [0.2, 0.25) is 0 Å². The number of aromatic nitrogens is 4. The minimum Gasteiger partial charge on any atom is -0.338 e. The van der Waals surface area contributed by atoms with Crippen molar-refractivity contribution in [3.8, 4) is 0 Å². The zero-order chi connectivity index (χ0) is 14.8. The molecule has 0 aliphatic carbocycles. The Morgan fingerprint density at radius 2 is 2.43 bits per heavy atom. The minimum atomic E-state index is -0.199. The second kappa shape index (κ2) is 5.55. The van der Waals surface area contributed by atoms with Gasteiger partial charge in [-0.2, -0.15) is 4.98 Å². The Bertz CT molecular complexity index is 634. The number of imidazole rings is 1. The van der Waals surface area contributed by atoms with E-state index in [9.17, 15) is 4.79 Å². The molecule has 0 spiro atoms. The molecule has 1 aliphatic rings. The first-order valence-electron chi connectivity index (χ1n) is 6.97. The first-order valence-corrected chi connectivity index (χ1v) is 6.97. The van der Waals surface area contributed by atoms with E-state index in [0.29, 0.717) is 5.82 Å². The van der Waals surface area contributed by atoms with Crippen molar-refractivity contribution >= 4 is 12.0 Å². The van der Waals surface area contributed by atoms with Gasteiger partial charge in [0, 0.05) is 38.4 Å². The van der Waals surface area contributed by atoms with Crippen LogP contribution in [0.15, 0.2) is 16.9 Å². The van der Waals surface area contributed by atoms with Gasteiger partial charge >= 0.3 is 12.0 Å². The third-order valence-electron chi connectivity index (χ3n) is 3.72. The number of anilines is 1. The maximum absolute atomic E-state index is 12.3. The smallest absolute Gasteiger partial charge is 0.329 e. The van der Waals surface area contributed by atoms with Crippen LogP contribution in [0.3, 0.4) is 0 Å². The monoisotopic (exact) mass is 290 g/mol. The van der Waals surface area contributed by atoms with Crippen molar-refractivity contribution in [2.75, 3.05) is 11.9 Å². The molecule has 0 aromatic carbocycles. The van der Waals surface area contributed by atoms with E-state index in [1.807, 2.05) is 22.7 Å². The highest BCUT2D eigenvalue weighted by molar-refractivity contribution is 5.87. The first-order chi connectivity index (χ1) is 10.1. The molecule has 1 N–H and O–H groups in total. The van der Waals surface area contributed by atoms with Crippen molar-refractivity contribution in [3.63, 3.8) is 0 Å². The Labute approximate surface area is 122 Å². The lowest BCUT2D eigenvalue weighted by molar-refractivity contribution is 0.204. The van der Waals surface area contributed by atoms with Crippen molar-refractivity contribution < 1.29 is 9.32 Å². The molecular formula is C13H18N6O2. The molecule has 0 radical (unpaired) electrons. The lowest BCUT2D eigenvalue weighted by atomic mass is 10.1. The number of carbonyl (C=O) groups excluding carboxylic acids is 1. The molecule has 1 aliphatic heterocycles. The highest BCUT2D eigenvalue weighted by atomic mass is 16.5. The summed E-state index contributed by atoms with van der Waals surface area (Å²) in [7, 11) is 1.96. The molecule has 0 saturated carbocycles. The van der Waals surface area contributed by atoms with E-state index in [1.54, 1.807) is 13.1 Å². The fraction of sp³-hybridized carbons (Fsp3) is 0.538. The van der Waals surface area contributed by atoms with E-state index < -0.39 is 0 Å². The van der Waals surface area contributed by atoms with E-state index >= 15 is 0 Å². The summed E-state index contributed by atoms with van der Waals surface area (Å²) < 4.78 is 6.90. The van der Waals surface area contributed by atoms with Gasteiger partial charge in [0.15, 0.2) is 5.82 Å². The summed E-state index contributed by atoms with van der Waals surface area (Å²) in [5.74, 6) is 1.48. The van der Waals surface area contributed by atoms with Crippen LogP contribution < -0.4 is 5.32 Å². The summed E-state index contributed by atoms with van der Waals surface area (Å²) in [5, 5.41) is 6.30. The van der Waals surface area contributed by atoms with Crippen LogP contribution in [0.5, 0.6) is 0 Å². The van der Waals surface area contributed by atoms with Crippen molar-refractivity contribution in [1.29, 1.82) is 0 Å². The molecule has 2 aromatic heterocycles. The maximum Gasteiger partial charge on any atom is 0.329 e. The van der Waals surface area contributed by atoms with Crippen LogP contribution in [0.25, 0.3) is 0 Å². The van der Waals surface area contributed by atoms with Gasteiger partial charge in [0.05, 0.1) is 0 Å². The van der Waals surface area contributed by atoms with E-state index in [-0.39, 0.29) is 18.1 Å². The SMILES string of the molecule is Cc1noc(NC(=O)N2CCC[C@H]2Cc2nccn2C)n1. The molecule has 2 aromatic rings. The quantitative estimate of drug-likeness (QED) is 0.921. The van der Waals surface area contributed by atoms with Gasteiger partial charge in [-0.1, -0.05) is 5.16 Å². The maximum atomic E-state index is 12.3. The molecule has 0 bridgehead atoms. The fourth-order valence-corrected chi connectivity index (χ4v) is 2.63. The van der Waals surface area contributed by atoms with E-state index in [4.69, 9.17) is 4.52 Å². The van der Waals surface area contributed by atoms with Crippen LogP contribution in [-0.4, -0.2) is 43.2 Å². The molecule has 112 valence electrons. The highest BCUT2D eigenvalue weighted by Gasteiger charge is 2.30. The third kappa shape index (κ3) is 2.88. The zero-order valence-electron chi connectivity index (χ0n) is 12.1. The van der Waals surface area contributed by atoms with Gasteiger partial charge in [0.25, 0.3) is 0 Å². The van der Waals surface area contributed by atoms with Gasteiger partial charge in [0.2, 0.25) is 0 Å². The van der Waals surface area contributed by atoms with Crippen LogP contribution >= 0.6 is 0 Å². The average molecular weight is 290 g/mol. The Kier molecular flexibility index (Phi) is 3.59. The zero-order valence-corrected chi connectivity index (χ0v) is 12.1. The van der Waals surface area contributed by atoms with Crippen LogP contribution in [0, 0.1) is 6.92 Å². The largest absolute Gasteiger partial charge is 0.338 e. The van der Waals surface area contributed by atoms with Crippen LogP contribution in [-0.2, 0) is 13.5 Å². The standard InChI is InChI=1S/C13H18N6O2/c1-9-15-12(21-17-9)16-13(20)19-6-3-4-10(19)8-11-14-5-7-18(11)2/h5,7,10H,3-4,6,8H2,1-2H3,(H,15,16,17,20)/t10-/m0/s1. The first kappa shape index (κ1) is 13.6. The summed E-state index contributed by atoms with van der Waals surface area (Å²) in [5.41, 5.74) is 0. The van der Waals surface area contributed by atoms with Crippen molar-refractivity contribution in [2.45, 2.75) is 32.2 Å². The summed E-state index contributed by atoms with van der Waals surface area (Å²) in [6.07, 6.45) is 6.40. The van der Waals surface area contributed by atoms with Crippen molar-refractivity contribution in [2.24, 2.45) is 7.05 Å². The Morgan fingerprint density at radius 1 is 1.57 bits per heavy atom. The van der Waals surface area contributed by atoms with Gasteiger partial charge in [-0.15, -0.1) is 0 Å². The second-order valence-electron chi connectivity index (χ2n) is 5.22. The molecule has 3 heterocycles. The number of carbonyl (C=O) groups is 1.